The first-order valence-corrected chi connectivity index (χ1v) is 8.14. The van der Waals surface area contributed by atoms with E-state index in [1.165, 1.54) is 0 Å². The Hall–Kier alpha value is -1.06. The average molecular weight is 309 g/mol. The average Bonchev–Trinajstić information content (AvgIpc) is 2.45. The van der Waals surface area contributed by atoms with Gasteiger partial charge in [0.15, 0.2) is 0 Å². The van der Waals surface area contributed by atoms with Crippen molar-refractivity contribution in [2.75, 3.05) is 19.6 Å². The Morgan fingerprint density at radius 2 is 2.05 bits per heavy atom. The summed E-state index contributed by atoms with van der Waals surface area (Å²) in [4.78, 5) is 14.9. The summed E-state index contributed by atoms with van der Waals surface area (Å²) in [7, 11) is 0. The molecule has 1 fully saturated rings. The summed E-state index contributed by atoms with van der Waals surface area (Å²) in [6.45, 7) is 9.09. The fourth-order valence-corrected chi connectivity index (χ4v) is 3.12. The summed E-state index contributed by atoms with van der Waals surface area (Å²) in [6, 6.07) is 5.71. The first-order valence-electron chi connectivity index (χ1n) is 7.77. The van der Waals surface area contributed by atoms with Crippen LogP contribution in [0.25, 0.3) is 0 Å². The molecule has 0 saturated carbocycles. The van der Waals surface area contributed by atoms with E-state index in [9.17, 15) is 4.79 Å². The van der Waals surface area contributed by atoms with Crippen molar-refractivity contribution < 1.29 is 4.79 Å². The predicted molar refractivity (Wildman–Crippen MR) is 88.0 cm³/mol. The standard InChI is InChI=1S/C17H25ClN2O/c1-12(2)20(11-14-6-8-19-9-7-14)17(21)16-5-4-15(18)10-13(16)3/h4-5,10,12,14,19H,6-9,11H2,1-3H3. The molecule has 1 aliphatic heterocycles. The summed E-state index contributed by atoms with van der Waals surface area (Å²) < 4.78 is 0. The van der Waals surface area contributed by atoms with Crippen LogP contribution in [0.5, 0.6) is 0 Å². The van der Waals surface area contributed by atoms with Crippen LogP contribution in [0.4, 0.5) is 0 Å². The van der Waals surface area contributed by atoms with E-state index in [1.54, 1.807) is 6.07 Å². The summed E-state index contributed by atoms with van der Waals surface area (Å²) in [5.41, 5.74) is 1.71. The molecule has 1 amide bonds. The molecule has 4 heteroatoms. The van der Waals surface area contributed by atoms with E-state index in [-0.39, 0.29) is 11.9 Å². The number of rotatable bonds is 4. The molecule has 0 radical (unpaired) electrons. The Morgan fingerprint density at radius 1 is 1.38 bits per heavy atom. The Morgan fingerprint density at radius 3 is 2.62 bits per heavy atom. The van der Waals surface area contributed by atoms with E-state index < -0.39 is 0 Å². The second kappa shape index (κ2) is 7.28. The van der Waals surface area contributed by atoms with Crippen molar-refractivity contribution in [3.05, 3.63) is 34.3 Å². The monoisotopic (exact) mass is 308 g/mol. The fourth-order valence-electron chi connectivity index (χ4n) is 2.89. The molecule has 0 bridgehead atoms. The molecule has 3 nitrogen and oxygen atoms in total. The van der Waals surface area contributed by atoms with Gasteiger partial charge in [-0.3, -0.25) is 4.79 Å². The highest BCUT2D eigenvalue weighted by Crippen LogP contribution is 2.21. The first-order chi connectivity index (χ1) is 9.99. The second-order valence-corrected chi connectivity index (χ2v) is 6.64. The highest BCUT2D eigenvalue weighted by molar-refractivity contribution is 6.30. The topological polar surface area (TPSA) is 32.3 Å². The molecule has 0 unspecified atom stereocenters. The number of halogens is 1. The molecule has 1 N–H and O–H groups in total. The maximum absolute atomic E-state index is 12.9. The number of carbonyl (C=O) groups is 1. The number of nitrogens with one attached hydrogen (secondary N) is 1. The smallest absolute Gasteiger partial charge is 0.254 e. The molecule has 0 atom stereocenters. The van der Waals surface area contributed by atoms with Gasteiger partial charge in [-0.15, -0.1) is 0 Å². The van der Waals surface area contributed by atoms with Crippen LogP contribution in [0.2, 0.25) is 5.02 Å². The van der Waals surface area contributed by atoms with Gasteiger partial charge in [0.2, 0.25) is 0 Å². The predicted octanol–water partition coefficient (Wildman–Crippen LogP) is 3.50. The van der Waals surface area contributed by atoms with Crippen molar-refractivity contribution in [3.63, 3.8) is 0 Å². The third-order valence-electron chi connectivity index (χ3n) is 4.22. The first kappa shape index (κ1) is 16.3. The molecular formula is C17H25ClN2O. The zero-order valence-corrected chi connectivity index (χ0v) is 13.9. The Bertz CT molecular complexity index is 496. The quantitative estimate of drug-likeness (QED) is 0.923. The third-order valence-corrected chi connectivity index (χ3v) is 4.45. The van der Waals surface area contributed by atoms with Crippen molar-refractivity contribution >= 4 is 17.5 Å². The number of amides is 1. The van der Waals surface area contributed by atoms with Gasteiger partial charge in [0.1, 0.15) is 0 Å². The number of nitrogens with zero attached hydrogens (tertiary/aromatic N) is 1. The van der Waals surface area contributed by atoms with E-state index in [0.717, 1.165) is 43.6 Å². The third kappa shape index (κ3) is 4.21. The van der Waals surface area contributed by atoms with Crippen LogP contribution in [0.15, 0.2) is 18.2 Å². The minimum atomic E-state index is 0.123. The normalized spacial score (nSPS) is 16.2. The Labute approximate surface area is 132 Å². The number of benzene rings is 1. The van der Waals surface area contributed by atoms with Crippen LogP contribution in [0.1, 0.15) is 42.6 Å². The van der Waals surface area contributed by atoms with Gasteiger partial charge in [0.05, 0.1) is 0 Å². The van der Waals surface area contributed by atoms with Crippen molar-refractivity contribution in [1.29, 1.82) is 0 Å². The van der Waals surface area contributed by atoms with Gasteiger partial charge in [0.25, 0.3) is 5.91 Å². The van der Waals surface area contributed by atoms with Crippen LogP contribution >= 0.6 is 11.6 Å². The summed E-state index contributed by atoms with van der Waals surface area (Å²) in [5.74, 6) is 0.725. The fraction of sp³-hybridized carbons (Fsp3) is 0.588. The largest absolute Gasteiger partial charge is 0.336 e. The molecule has 1 saturated heterocycles. The SMILES string of the molecule is Cc1cc(Cl)ccc1C(=O)N(CC1CCNCC1)C(C)C. The van der Waals surface area contributed by atoms with Gasteiger partial charge in [-0.2, -0.15) is 0 Å². The molecule has 0 aromatic heterocycles. The van der Waals surface area contributed by atoms with Gasteiger partial charge < -0.3 is 10.2 Å². The lowest BCUT2D eigenvalue weighted by atomic mass is 9.96. The molecule has 1 aromatic rings. The van der Waals surface area contributed by atoms with Gasteiger partial charge in [-0.25, -0.2) is 0 Å². The summed E-state index contributed by atoms with van der Waals surface area (Å²) >= 11 is 5.99. The van der Waals surface area contributed by atoms with Crippen LogP contribution in [-0.2, 0) is 0 Å². The van der Waals surface area contributed by atoms with Crippen LogP contribution < -0.4 is 5.32 Å². The zero-order chi connectivity index (χ0) is 15.4. The van der Waals surface area contributed by atoms with Gasteiger partial charge in [0, 0.05) is 23.2 Å². The van der Waals surface area contributed by atoms with Gasteiger partial charge >= 0.3 is 0 Å². The van der Waals surface area contributed by atoms with E-state index in [0.29, 0.717) is 10.9 Å². The van der Waals surface area contributed by atoms with Gasteiger partial charge in [-0.05, 0) is 76.4 Å². The molecule has 116 valence electrons. The van der Waals surface area contributed by atoms with Crippen molar-refractivity contribution in [2.24, 2.45) is 5.92 Å². The molecule has 1 aliphatic rings. The molecule has 1 heterocycles. The van der Waals surface area contributed by atoms with Crippen LogP contribution in [0.3, 0.4) is 0 Å². The highest BCUT2D eigenvalue weighted by Gasteiger charge is 2.24. The number of carbonyl (C=O) groups excluding carboxylic acids is 1. The Kier molecular flexibility index (Phi) is 5.65. The molecule has 1 aromatic carbocycles. The van der Waals surface area contributed by atoms with Crippen LogP contribution in [0, 0.1) is 12.8 Å². The summed E-state index contributed by atoms with van der Waals surface area (Å²) in [6.07, 6.45) is 2.30. The number of hydrogen-bond acceptors (Lipinski definition) is 2. The van der Waals surface area contributed by atoms with Crippen molar-refractivity contribution in [2.45, 2.75) is 39.7 Å². The second-order valence-electron chi connectivity index (χ2n) is 6.20. The van der Waals surface area contributed by atoms with Crippen molar-refractivity contribution in [1.82, 2.24) is 10.2 Å². The molecule has 2 rings (SSSR count). The molecule has 0 spiro atoms. The van der Waals surface area contributed by atoms with Crippen molar-refractivity contribution in [3.8, 4) is 0 Å². The molecule has 21 heavy (non-hydrogen) atoms. The maximum atomic E-state index is 12.9. The van der Waals surface area contributed by atoms with Crippen LogP contribution in [-0.4, -0.2) is 36.5 Å². The maximum Gasteiger partial charge on any atom is 0.254 e. The minimum absolute atomic E-state index is 0.123. The lowest BCUT2D eigenvalue weighted by Crippen LogP contribution is -2.43. The zero-order valence-electron chi connectivity index (χ0n) is 13.2. The number of piperidine rings is 1. The van der Waals surface area contributed by atoms with E-state index in [2.05, 4.69) is 19.2 Å². The minimum Gasteiger partial charge on any atom is -0.336 e. The lowest BCUT2D eigenvalue weighted by Gasteiger charge is -2.33. The van der Waals surface area contributed by atoms with E-state index in [4.69, 9.17) is 11.6 Å². The number of hydrogen-bond donors (Lipinski definition) is 1. The Balaban J connectivity index is 2.14. The molecule has 0 aliphatic carbocycles. The highest BCUT2D eigenvalue weighted by atomic mass is 35.5. The lowest BCUT2D eigenvalue weighted by molar-refractivity contribution is 0.0657. The molecular weight excluding hydrogens is 284 g/mol. The van der Waals surface area contributed by atoms with E-state index in [1.807, 2.05) is 24.0 Å². The van der Waals surface area contributed by atoms with Gasteiger partial charge in [-0.1, -0.05) is 11.6 Å². The van der Waals surface area contributed by atoms with E-state index >= 15 is 0 Å². The number of aryl methyl sites for hydroxylation is 1. The summed E-state index contributed by atoms with van der Waals surface area (Å²) in [5, 5.41) is 4.05.